The van der Waals surface area contributed by atoms with Crippen molar-refractivity contribution < 1.29 is 36.9 Å². The number of aromatic nitrogens is 2. The van der Waals surface area contributed by atoms with Crippen LogP contribution < -0.4 is 9.47 Å². The molecule has 8 nitrogen and oxygen atoms in total. The van der Waals surface area contributed by atoms with Crippen LogP contribution in [0.25, 0.3) is 16.6 Å². The van der Waals surface area contributed by atoms with Crippen molar-refractivity contribution >= 4 is 11.3 Å². The number of methoxy groups -OCH3 is 1. The molecule has 1 aromatic carbocycles. The summed E-state index contributed by atoms with van der Waals surface area (Å²) in [6, 6.07) is 6.81. The highest BCUT2D eigenvalue weighted by Crippen LogP contribution is 2.42. The maximum Gasteiger partial charge on any atom is 0.387 e. The van der Waals surface area contributed by atoms with Gasteiger partial charge in [-0.1, -0.05) is 6.07 Å². The minimum absolute atomic E-state index is 0.0833. The largest absolute Gasteiger partial charge is 0.496 e. The molecule has 2 fully saturated rings. The van der Waals surface area contributed by atoms with Crippen LogP contribution in [-0.2, 0) is 15.1 Å². The number of hydrogen-bond acceptors (Lipinski definition) is 7. The Hall–Kier alpha value is -3.15. The molecule has 216 valence electrons. The molecule has 0 bridgehead atoms. The van der Waals surface area contributed by atoms with Crippen molar-refractivity contribution in [2.45, 2.75) is 45.1 Å². The normalized spacial score (nSPS) is 19.8. The number of alkyl halides is 3. The lowest BCUT2D eigenvalue weighted by molar-refractivity contribution is -0.0502. The molecule has 40 heavy (non-hydrogen) atoms. The number of Topliss-reactive ketones (excluding diaryl/α,β-unsaturated/α-hetero) is 1. The second-order valence-electron chi connectivity index (χ2n) is 10.7. The van der Waals surface area contributed by atoms with Gasteiger partial charge in [0.1, 0.15) is 23.2 Å². The standard InChI is InChI=1S/C29H34F3N3O5/c1-29(2,39-11-8-34-6-9-38-10-7-34)20-4-5-23-21(16-33-35(23)17-20)18-14-25(37-3)27(26(15-18)40-28(31)32)24(36)13-19-12-22(19)30/h4-5,14-17,19,22,28H,6-13H2,1-3H3/t19-,22-/m0/s1. The number of morpholine rings is 1. The summed E-state index contributed by atoms with van der Waals surface area (Å²) in [5.74, 6) is -1.13. The SMILES string of the molecule is COc1cc(-c2cnn3cc(C(C)(C)OCCN4CCOCC4)ccc23)cc(OC(F)F)c1C(=O)C[C@@H]1C[C@@H]1F. The molecule has 1 aliphatic heterocycles. The Balaban J connectivity index is 1.40. The van der Waals surface area contributed by atoms with Crippen molar-refractivity contribution in [3.63, 3.8) is 0 Å². The van der Waals surface area contributed by atoms with Gasteiger partial charge in [-0.05, 0) is 44.0 Å². The second-order valence-corrected chi connectivity index (χ2v) is 10.7. The average molecular weight is 562 g/mol. The number of nitrogens with zero attached hydrogens (tertiary/aromatic N) is 3. The van der Waals surface area contributed by atoms with Gasteiger partial charge in [-0.25, -0.2) is 8.91 Å². The summed E-state index contributed by atoms with van der Waals surface area (Å²) in [6.07, 6.45) is 2.64. The van der Waals surface area contributed by atoms with Crippen LogP contribution in [0.2, 0.25) is 0 Å². The van der Waals surface area contributed by atoms with E-state index >= 15 is 0 Å². The maximum absolute atomic E-state index is 13.4. The van der Waals surface area contributed by atoms with E-state index in [0.29, 0.717) is 17.7 Å². The van der Waals surface area contributed by atoms with Crippen molar-refractivity contribution in [2.24, 2.45) is 5.92 Å². The Labute approximate surface area is 230 Å². The van der Waals surface area contributed by atoms with Crippen molar-refractivity contribution in [1.82, 2.24) is 14.5 Å². The van der Waals surface area contributed by atoms with Gasteiger partial charge in [-0.2, -0.15) is 13.9 Å². The first-order chi connectivity index (χ1) is 19.2. The van der Waals surface area contributed by atoms with E-state index in [1.54, 1.807) is 16.8 Å². The number of ether oxygens (including phenoxy) is 4. The fourth-order valence-electron chi connectivity index (χ4n) is 5.03. The fraction of sp³-hybridized carbons (Fsp3) is 0.517. The molecule has 0 unspecified atom stereocenters. The molecule has 1 saturated carbocycles. The summed E-state index contributed by atoms with van der Waals surface area (Å²) in [5.41, 5.74) is 2.08. The monoisotopic (exact) mass is 561 g/mol. The van der Waals surface area contributed by atoms with Gasteiger partial charge < -0.3 is 18.9 Å². The Kier molecular flexibility index (Phi) is 8.34. The number of hydrogen-bond donors (Lipinski definition) is 0. The highest BCUT2D eigenvalue weighted by atomic mass is 19.3. The predicted octanol–water partition coefficient (Wildman–Crippen LogP) is 5.13. The van der Waals surface area contributed by atoms with E-state index in [0.717, 1.165) is 43.9 Å². The number of halogens is 3. The summed E-state index contributed by atoms with van der Waals surface area (Å²) in [6.45, 7) is 5.50. The summed E-state index contributed by atoms with van der Waals surface area (Å²) in [7, 11) is 1.35. The quantitative estimate of drug-likeness (QED) is 0.284. The number of carbonyl (C=O) groups is 1. The fourth-order valence-corrected chi connectivity index (χ4v) is 5.03. The number of benzene rings is 1. The molecule has 0 spiro atoms. The molecule has 0 N–H and O–H groups in total. The van der Waals surface area contributed by atoms with E-state index in [1.165, 1.54) is 13.2 Å². The molecular formula is C29H34F3N3O5. The first-order valence-corrected chi connectivity index (χ1v) is 13.4. The molecule has 3 heterocycles. The van der Waals surface area contributed by atoms with Crippen molar-refractivity contribution in [3.05, 3.63) is 47.8 Å². The first-order valence-electron chi connectivity index (χ1n) is 13.4. The van der Waals surface area contributed by atoms with Crippen LogP contribution in [0, 0.1) is 5.92 Å². The van der Waals surface area contributed by atoms with Gasteiger partial charge in [0.2, 0.25) is 0 Å². The first kappa shape index (κ1) is 28.4. The van der Waals surface area contributed by atoms with E-state index in [1.807, 2.05) is 32.2 Å². The predicted molar refractivity (Wildman–Crippen MR) is 142 cm³/mol. The van der Waals surface area contributed by atoms with Gasteiger partial charge in [-0.15, -0.1) is 0 Å². The summed E-state index contributed by atoms with van der Waals surface area (Å²) in [5, 5.41) is 4.48. The number of fused-ring (bicyclic) bond motifs is 1. The maximum atomic E-state index is 13.4. The van der Waals surface area contributed by atoms with Gasteiger partial charge in [-0.3, -0.25) is 9.69 Å². The molecule has 2 aliphatic rings. The molecule has 0 amide bonds. The topological polar surface area (TPSA) is 74.5 Å². The summed E-state index contributed by atoms with van der Waals surface area (Å²) >= 11 is 0. The molecule has 11 heteroatoms. The zero-order valence-electron chi connectivity index (χ0n) is 22.9. The Morgan fingerprint density at radius 1 is 1.20 bits per heavy atom. The van der Waals surface area contributed by atoms with Crippen LogP contribution in [0.15, 0.2) is 36.7 Å². The van der Waals surface area contributed by atoms with Crippen molar-refractivity contribution in [1.29, 1.82) is 0 Å². The molecule has 5 rings (SSSR count). The average Bonchev–Trinajstić information content (AvgIpc) is 3.44. The highest BCUT2D eigenvalue weighted by molar-refractivity contribution is 6.03. The number of ketones is 1. The highest BCUT2D eigenvalue weighted by Gasteiger charge is 2.40. The molecule has 3 aromatic rings. The third kappa shape index (κ3) is 6.26. The van der Waals surface area contributed by atoms with Gasteiger partial charge in [0.15, 0.2) is 5.78 Å². The Bertz CT molecular complexity index is 1360. The molecule has 2 atom stereocenters. The van der Waals surface area contributed by atoms with E-state index < -0.39 is 30.1 Å². The molecule has 1 aliphatic carbocycles. The zero-order valence-corrected chi connectivity index (χ0v) is 22.9. The second kappa shape index (κ2) is 11.8. The lowest BCUT2D eigenvalue weighted by Gasteiger charge is -2.30. The summed E-state index contributed by atoms with van der Waals surface area (Å²) < 4.78 is 63.6. The lowest BCUT2D eigenvalue weighted by atomic mass is 9.97. The van der Waals surface area contributed by atoms with Crippen LogP contribution in [0.1, 0.15) is 42.6 Å². The van der Waals surface area contributed by atoms with Gasteiger partial charge >= 0.3 is 6.61 Å². The smallest absolute Gasteiger partial charge is 0.387 e. The minimum atomic E-state index is -3.15. The number of rotatable bonds is 12. The van der Waals surface area contributed by atoms with Crippen LogP contribution in [0.4, 0.5) is 13.2 Å². The van der Waals surface area contributed by atoms with Gasteiger partial charge in [0.05, 0.1) is 44.2 Å². The Morgan fingerprint density at radius 3 is 2.60 bits per heavy atom. The van der Waals surface area contributed by atoms with Gasteiger partial charge in [0, 0.05) is 49.3 Å². The van der Waals surface area contributed by atoms with Gasteiger partial charge in [0.25, 0.3) is 0 Å². The van der Waals surface area contributed by atoms with Crippen molar-refractivity contribution in [3.8, 4) is 22.6 Å². The molecular weight excluding hydrogens is 527 g/mol. The number of carbonyl (C=O) groups excluding carboxylic acids is 1. The minimum Gasteiger partial charge on any atom is -0.496 e. The van der Waals surface area contributed by atoms with Crippen LogP contribution >= 0.6 is 0 Å². The lowest BCUT2D eigenvalue weighted by Crippen LogP contribution is -2.39. The third-order valence-electron chi connectivity index (χ3n) is 7.56. The van der Waals surface area contributed by atoms with E-state index in [9.17, 15) is 18.0 Å². The van der Waals surface area contributed by atoms with Crippen LogP contribution in [-0.4, -0.2) is 79.6 Å². The van der Waals surface area contributed by atoms with E-state index in [-0.39, 0.29) is 29.9 Å². The molecule has 1 saturated heterocycles. The summed E-state index contributed by atoms with van der Waals surface area (Å²) in [4.78, 5) is 15.2. The molecule has 2 aromatic heterocycles. The van der Waals surface area contributed by atoms with E-state index in [4.69, 9.17) is 18.9 Å². The molecule has 0 radical (unpaired) electrons. The number of pyridine rings is 1. The Morgan fingerprint density at radius 2 is 1.93 bits per heavy atom. The third-order valence-corrected chi connectivity index (χ3v) is 7.56. The van der Waals surface area contributed by atoms with Crippen molar-refractivity contribution in [2.75, 3.05) is 46.6 Å². The zero-order chi connectivity index (χ0) is 28.4. The van der Waals surface area contributed by atoms with Crippen LogP contribution in [0.3, 0.4) is 0 Å². The van der Waals surface area contributed by atoms with Crippen LogP contribution in [0.5, 0.6) is 11.5 Å². The van der Waals surface area contributed by atoms with E-state index in [2.05, 4.69) is 10.00 Å².